The topological polar surface area (TPSA) is 20.2 Å². The zero-order valence-electron chi connectivity index (χ0n) is 19.0. The molecule has 0 bridgehead atoms. The van der Waals surface area contributed by atoms with Crippen LogP contribution in [0.15, 0.2) is 0 Å². The molecular formula is C24H53OP. The van der Waals surface area contributed by atoms with Crippen molar-refractivity contribution in [2.24, 2.45) is 0 Å². The van der Waals surface area contributed by atoms with Crippen LogP contribution in [0.4, 0.5) is 0 Å². The molecule has 0 unspecified atom stereocenters. The van der Waals surface area contributed by atoms with Crippen LogP contribution in [0.5, 0.6) is 0 Å². The van der Waals surface area contributed by atoms with E-state index in [0.29, 0.717) is 0 Å². The van der Waals surface area contributed by atoms with Crippen LogP contribution < -0.4 is 0 Å². The van der Waals surface area contributed by atoms with E-state index in [1.54, 1.807) is 0 Å². The SMILES string of the molecule is CCCCCCP(O)(CCCCCC)(CCCCCC)CCCCCC. The summed E-state index contributed by atoms with van der Waals surface area (Å²) >= 11 is 0. The summed E-state index contributed by atoms with van der Waals surface area (Å²) in [6.45, 7) is 6.68. The zero-order chi connectivity index (χ0) is 19.6. The third-order valence-corrected chi connectivity index (χ3v) is 12.2. The van der Waals surface area contributed by atoms with Gasteiger partial charge >= 0.3 is 167 Å². The van der Waals surface area contributed by atoms with Crippen LogP contribution >= 0.6 is 6.83 Å². The fourth-order valence-electron chi connectivity index (χ4n) is 4.45. The molecular weight excluding hydrogens is 335 g/mol. The van der Waals surface area contributed by atoms with Gasteiger partial charge in [0.2, 0.25) is 0 Å². The summed E-state index contributed by atoms with van der Waals surface area (Å²) in [6.07, 6.45) is 25.7. The van der Waals surface area contributed by atoms with Crippen molar-refractivity contribution in [3.05, 3.63) is 0 Å². The van der Waals surface area contributed by atoms with Gasteiger partial charge in [-0.2, -0.15) is 0 Å². The first-order valence-electron chi connectivity index (χ1n) is 12.3. The van der Waals surface area contributed by atoms with Crippen LogP contribution in [-0.4, -0.2) is 29.5 Å². The van der Waals surface area contributed by atoms with E-state index in [1.807, 2.05) is 0 Å². The van der Waals surface area contributed by atoms with Gasteiger partial charge in [0, 0.05) is 0 Å². The maximum absolute atomic E-state index is 12.3. The summed E-state index contributed by atoms with van der Waals surface area (Å²) in [5.74, 6) is 0. The molecule has 0 aromatic rings. The Hall–Kier alpha value is 0.390. The third kappa shape index (κ3) is 12.7. The average Bonchev–Trinajstić information content (AvgIpc) is 2.64. The standard InChI is InChI=1S/C24H53OP/c1-5-9-13-17-21-26(25,22-18-14-10-6-2,23-19-15-11-7-3)24-20-16-12-8-4/h25H,5-24H2,1-4H3. The van der Waals surface area contributed by atoms with Crippen molar-refractivity contribution in [1.29, 1.82) is 0 Å². The van der Waals surface area contributed by atoms with E-state index in [4.69, 9.17) is 0 Å². The molecule has 26 heavy (non-hydrogen) atoms. The van der Waals surface area contributed by atoms with Crippen molar-refractivity contribution < 1.29 is 4.89 Å². The van der Waals surface area contributed by atoms with Gasteiger partial charge in [0.15, 0.2) is 0 Å². The predicted molar refractivity (Wildman–Crippen MR) is 125 cm³/mol. The van der Waals surface area contributed by atoms with Gasteiger partial charge in [-0.25, -0.2) is 0 Å². The van der Waals surface area contributed by atoms with E-state index >= 15 is 0 Å². The van der Waals surface area contributed by atoms with Crippen LogP contribution in [0.1, 0.15) is 130 Å². The van der Waals surface area contributed by atoms with Crippen molar-refractivity contribution in [3.8, 4) is 0 Å². The molecule has 0 aromatic carbocycles. The van der Waals surface area contributed by atoms with Gasteiger partial charge in [0.05, 0.1) is 0 Å². The molecule has 0 saturated heterocycles. The molecule has 1 nitrogen and oxygen atoms in total. The molecule has 0 aliphatic rings. The second-order valence-electron chi connectivity index (χ2n) is 9.04. The quantitative estimate of drug-likeness (QED) is 0.163. The average molecular weight is 389 g/mol. The van der Waals surface area contributed by atoms with Gasteiger partial charge in [-0.05, 0) is 0 Å². The first kappa shape index (κ1) is 26.4. The predicted octanol–water partition coefficient (Wildman–Crippen LogP) is 8.77. The number of hydrogen-bond donors (Lipinski definition) is 1. The Labute approximate surface area is 167 Å². The van der Waals surface area contributed by atoms with Crippen LogP contribution in [0, 0.1) is 0 Å². The normalized spacial score (nSPS) is 13.7. The first-order valence-corrected chi connectivity index (χ1v) is 15.2. The molecule has 0 rings (SSSR count). The van der Waals surface area contributed by atoms with Crippen molar-refractivity contribution in [2.75, 3.05) is 24.6 Å². The number of unbranched alkanes of at least 4 members (excludes halogenated alkanes) is 12. The molecule has 160 valence electrons. The number of hydrogen-bond acceptors (Lipinski definition) is 1. The molecule has 0 radical (unpaired) electrons. The molecule has 2 heteroatoms. The number of rotatable bonds is 20. The Bertz CT molecular complexity index is 243. The van der Waals surface area contributed by atoms with Crippen LogP contribution in [0.25, 0.3) is 0 Å². The molecule has 0 atom stereocenters. The fraction of sp³-hybridized carbons (Fsp3) is 1.00. The molecule has 0 aliphatic heterocycles. The molecule has 0 spiro atoms. The molecule has 0 aromatic heterocycles. The maximum atomic E-state index is 12.3. The Morgan fingerprint density at radius 3 is 0.808 bits per heavy atom. The fourth-order valence-corrected chi connectivity index (χ4v) is 9.93. The minimum atomic E-state index is -2.49. The van der Waals surface area contributed by atoms with Crippen molar-refractivity contribution in [3.63, 3.8) is 0 Å². The van der Waals surface area contributed by atoms with E-state index in [9.17, 15) is 4.89 Å². The monoisotopic (exact) mass is 388 g/mol. The summed E-state index contributed by atoms with van der Waals surface area (Å²) in [7, 11) is 0. The summed E-state index contributed by atoms with van der Waals surface area (Å²) in [6, 6.07) is 0. The van der Waals surface area contributed by atoms with Gasteiger partial charge in [-0.15, -0.1) is 0 Å². The molecule has 1 N–H and O–H groups in total. The van der Waals surface area contributed by atoms with Gasteiger partial charge in [0.25, 0.3) is 0 Å². The van der Waals surface area contributed by atoms with Gasteiger partial charge < -0.3 is 0 Å². The molecule has 0 heterocycles. The van der Waals surface area contributed by atoms with Crippen LogP contribution in [0.3, 0.4) is 0 Å². The summed E-state index contributed by atoms with van der Waals surface area (Å²) in [5, 5.41) is 0. The van der Waals surface area contributed by atoms with E-state index in [-0.39, 0.29) is 0 Å². The van der Waals surface area contributed by atoms with E-state index < -0.39 is 6.83 Å². The van der Waals surface area contributed by atoms with Crippen molar-refractivity contribution >= 4 is 6.83 Å². The zero-order valence-corrected chi connectivity index (χ0v) is 19.9. The Morgan fingerprint density at radius 1 is 0.385 bits per heavy atom. The van der Waals surface area contributed by atoms with Gasteiger partial charge in [-0.3, -0.25) is 0 Å². The van der Waals surface area contributed by atoms with Crippen LogP contribution in [-0.2, 0) is 0 Å². The van der Waals surface area contributed by atoms with Crippen molar-refractivity contribution in [1.82, 2.24) is 0 Å². The minimum absolute atomic E-state index is 1.18. The second kappa shape index (κ2) is 16.4. The molecule has 0 saturated carbocycles. The van der Waals surface area contributed by atoms with Crippen molar-refractivity contribution in [2.45, 2.75) is 130 Å². The summed E-state index contributed by atoms with van der Waals surface area (Å²) in [5.41, 5.74) is 0. The summed E-state index contributed by atoms with van der Waals surface area (Å²) < 4.78 is 0. The second-order valence-corrected chi connectivity index (χ2v) is 14.6. The Morgan fingerprint density at radius 2 is 0.615 bits per heavy atom. The molecule has 0 fully saturated rings. The van der Waals surface area contributed by atoms with E-state index in [0.717, 1.165) is 0 Å². The van der Waals surface area contributed by atoms with Gasteiger partial charge in [0.1, 0.15) is 0 Å². The van der Waals surface area contributed by atoms with E-state index in [1.165, 1.54) is 127 Å². The molecule has 0 amide bonds. The van der Waals surface area contributed by atoms with Gasteiger partial charge in [-0.1, -0.05) is 0 Å². The molecule has 0 aliphatic carbocycles. The first-order chi connectivity index (χ1) is 12.5. The third-order valence-electron chi connectivity index (χ3n) is 6.34. The van der Waals surface area contributed by atoms with E-state index in [2.05, 4.69) is 27.7 Å². The Balaban J connectivity index is 4.94. The summed E-state index contributed by atoms with van der Waals surface area (Å²) in [4.78, 5) is 12.3. The van der Waals surface area contributed by atoms with Crippen LogP contribution in [0.2, 0.25) is 0 Å². The Kier molecular flexibility index (Phi) is 16.6.